The molecular weight excluding hydrogens is 1500 g/mol. The molecule has 2 aliphatic rings. The van der Waals surface area contributed by atoms with Crippen LogP contribution in [0.2, 0.25) is 0 Å². The Hall–Kier alpha value is -10.1. The second-order valence-corrected chi connectivity index (χ2v) is 30.6. The monoisotopic (exact) mass is 1600 g/mol. The molecule has 110 heavy (non-hydrogen) atoms. The molecule has 0 saturated carbocycles. The van der Waals surface area contributed by atoms with Crippen molar-refractivity contribution < 1.29 is 102 Å². The number of nitrogens with zero attached hydrogens (tertiary/aromatic N) is 6. The van der Waals surface area contributed by atoms with Gasteiger partial charge in [0.25, 0.3) is 11.5 Å². The zero-order chi connectivity index (χ0) is 81.7. The highest BCUT2D eigenvalue weighted by atomic mass is 33.1. The third-order valence-corrected chi connectivity index (χ3v) is 21.2. The van der Waals surface area contributed by atoms with Crippen LogP contribution in [0.1, 0.15) is 139 Å². The Morgan fingerprint density at radius 1 is 0.836 bits per heavy atom. The second-order valence-electron chi connectivity index (χ2n) is 26.9. The Morgan fingerprint density at radius 3 is 2.15 bits per heavy atom. The Morgan fingerprint density at radius 2 is 1.51 bits per heavy atom. The molecule has 4 aromatic rings. The molecule has 0 bridgehead atoms. The fraction of sp³-hybridized carbons (Fsp3) is 0.565. The van der Waals surface area contributed by atoms with Crippen LogP contribution in [0.25, 0.3) is 17.2 Å². The van der Waals surface area contributed by atoms with Crippen LogP contribution in [-0.4, -0.2) is 237 Å². The molecule has 5 heterocycles. The number of carbonyl (C=O) groups excluding carboxylic acids is 8. The van der Waals surface area contributed by atoms with E-state index < -0.39 is 163 Å². The standard InChI is InChI=1S/C39H59N3O13S3.C30H39N13O9/c1-21-9-8-10-28-29(42(28)11-12-53-38(52)54-13-14-57-58-20-27(37(50)51)41-36(49)23(3)16-32(44)45)17-30(22(2)15-26-19-56-25(5)40-26)55-33(46)18-31(43)39(6,7)35(48)24(4)34(21)47;1-34-25(48)17(3-2-10-35-29(31)32)40-26(49)19(11-21(45)46)39-20(44)9-8-18(28(51)52)41-24(47)14-4-6-15(7-5-14)36-12-16-13-37-23-22(38-16)27(50)43-30(33)42-23/h15,19,21,23-24,27-31,34,43,47H,8-14,16-18,20H2,1-7H3,(H,41,49)(H,44,45)(H,50,51);4-7,13,17-19,36H,2-3,8-12H2,1H3,(H,34,48)(H,39,44)(H,40,49)(H,41,47)(H,45,46)(H,51,52)(H4,31,32,35)(H3,33,37,42,43,50)/b22-15+;. The van der Waals surface area contributed by atoms with E-state index in [-0.39, 0.29) is 97.3 Å². The highest BCUT2D eigenvalue weighted by Gasteiger charge is 2.49. The molecule has 41 heteroatoms. The number of esters is 1. The van der Waals surface area contributed by atoms with Crippen molar-refractivity contribution in [3.63, 3.8) is 0 Å². The number of Topliss-reactive ketones (excluding diaryl/α,β-unsaturated/α-hetero) is 1. The molecule has 5 amide bonds. The number of rotatable bonds is 35. The number of hydrogen-bond acceptors (Lipinski definition) is 29. The number of hydrogen-bond donors (Lipinski definition) is 16. The van der Waals surface area contributed by atoms with Crippen molar-refractivity contribution in [2.75, 3.05) is 55.9 Å². The van der Waals surface area contributed by atoms with E-state index in [4.69, 9.17) is 36.5 Å². The maximum atomic E-state index is 13.5. The van der Waals surface area contributed by atoms with Gasteiger partial charge in [-0.1, -0.05) is 62.6 Å². The minimum Gasteiger partial charge on any atom is -0.481 e. The Balaban J connectivity index is 0.000000396. The van der Waals surface area contributed by atoms with Crippen molar-refractivity contribution >= 4 is 139 Å². The number of benzene rings is 1. The highest BCUT2D eigenvalue weighted by Crippen LogP contribution is 2.39. The van der Waals surface area contributed by atoms with Crippen LogP contribution >= 0.6 is 32.9 Å². The normalized spacial score (nSPS) is 20.6. The minimum atomic E-state index is -1.60. The number of amides is 5. The number of carboxylic acids is 4. The van der Waals surface area contributed by atoms with Crippen molar-refractivity contribution in [2.24, 2.45) is 39.6 Å². The topological polar surface area (TPSA) is 604 Å². The Bertz CT molecular complexity index is 4010. The van der Waals surface area contributed by atoms with E-state index in [1.807, 2.05) is 32.2 Å². The number of H-pyrrole nitrogens is 1. The predicted molar refractivity (Wildman–Crippen MR) is 404 cm³/mol. The molecule has 38 nitrogen and oxygen atoms in total. The van der Waals surface area contributed by atoms with Gasteiger partial charge in [-0.3, -0.25) is 62.8 Å². The van der Waals surface area contributed by atoms with Crippen LogP contribution in [0, 0.1) is 30.1 Å². The summed E-state index contributed by atoms with van der Waals surface area (Å²) in [7, 11) is 3.73. The maximum Gasteiger partial charge on any atom is 0.508 e. The maximum absolute atomic E-state index is 13.5. The Labute approximate surface area is 644 Å². The summed E-state index contributed by atoms with van der Waals surface area (Å²) in [6.45, 7) is 12.6. The smallest absolute Gasteiger partial charge is 0.481 e. The molecule has 2 fully saturated rings. The number of thiazole rings is 1. The number of nitrogens with two attached hydrogens (primary N) is 3. The lowest BCUT2D eigenvalue weighted by molar-refractivity contribution is -0.155. The lowest BCUT2D eigenvalue weighted by atomic mass is 9.73. The second kappa shape index (κ2) is 43.9. The fourth-order valence-electron chi connectivity index (χ4n) is 11.6. The number of aliphatic imine (C=N–C) groups is 1. The number of nitrogen functional groups attached to an aromatic ring is 1. The molecule has 2 aliphatic heterocycles. The van der Waals surface area contributed by atoms with E-state index in [1.165, 1.54) is 54.4 Å². The number of ether oxygens (including phenoxy) is 3. The lowest BCUT2D eigenvalue weighted by Crippen LogP contribution is -2.54. The molecule has 2 saturated heterocycles. The summed E-state index contributed by atoms with van der Waals surface area (Å²) in [4.78, 5) is 185. The van der Waals surface area contributed by atoms with Crippen molar-refractivity contribution in [1.29, 1.82) is 0 Å². The first-order valence-electron chi connectivity index (χ1n) is 35.1. The van der Waals surface area contributed by atoms with E-state index in [1.54, 1.807) is 32.9 Å². The van der Waals surface area contributed by atoms with Gasteiger partial charge in [0.15, 0.2) is 17.1 Å². The van der Waals surface area contributed by atoms with Crippen molar-refractivity contribution in [3.8, 4) is 0 Å². The van der Waals surface area contributed by atoms with E-state index in [9.17, 15) is 87.9 Å². The number of aromatic nitrogens is 5. The van der Waals surface area contributed by atoms with Gasteiger partial charge in [-0.2, -0.15) is 4.98 Å². The number of guanidine groups is 1. The van der Waals surface area contributed by atoms with Crippen LogP contribution in [0.4, 0.5) is 16.4 Å². The molecule has 19 N–H and O–H groups in total. The quantitative estimate of drug-likeness (QED) is 0.00778. The highest BCUT2D eigenvalue weighted by molar-refractivity contribution is 8.76. The number of carbonyl (C=O) groups is 12. The molecule has 0 spiro atoms. The largest absolute Gasteiger partial charge is 0.508 e. The van der Waals surface area contributed by atoms with E-state index >= 15 is 0 Å². The van der Waals surface area contributed by atoms with E-state index in [0.717, 1.165) is 39.9 Å². The summed E-state index contributed by atoms with van der Waals surface area (Å²) >= 11 is 1.50. The van der Waals surface area contributed by atoms with Crippen LogP contribution < -0.4 is 54.7 Å². The molecule has 604 valence electrons. The number of anilines is 2. The molecular formula is C69H98N16O22S3. The third-order valence-electron chi connectivity index (χ3n) is 18.0. The molecule has 13 atom stereocenters. The van der Waals surface area contributed by atoms with Crippen molar-refractivity contribution in [3.05, 3.63) is 73.7 Å². The van der Waals surface area contributed by atoms with Gasteiger partial charge in [0.2, 0.25) is 29.6 Å². The first kappa shape index (κ1) is 90.5. The average molecular weight is 1600 g/mol. The number of aryl methyl sites for hydroxylation is 1. The minimum absolute atomic E-state index is 0.00643. The lowest BCUT2D eigenvalue weighted by Gasteiger charge is -2.34. The van der Waals surface area contributed by atoms with Crippen LogP contribution in [0.3, 0.4) is 0 Å². The molecule has 3 aromatic heterocycles. The number of nitrogens with one attached hydrogen (secondary N) is 7. The molecule has 13 unspecified atom stereocenters. The number of carboxylic acid groups (broad SMARTS) is 4. The van der Waals surface area contributed by atoms with Gasteiger partial charge in [-0.15, -0.1) is 11.3 Å². The number of cyclic esters (lactones) is 1. The first-order valence-corrected chi connectivity index (χ1v) is 38.5. The number of likely N-dealkylation sites (N-methyl/N-ethyl adjacent to an activating group) is 1. The zero-order valence-electron chi connectivity index (χ0n) is 62.1. The number of aromatic amines is 1. The summed E-state index contributed by atoms with van der Waals surface area (Å²) in [5, 5.41) is 77.1. The summed E-state index contributed by atoms with van der Waals surface area (Å²) in [5.41, 5.74) is 16.9. The van der Waals surface area contributed by atoms with Crippen LogP contribution in [0.15, 0.2) is 51.2 Å². The van der Waals surface area contributed by atoms with Gasteiger partial charge in [-0.05, 0) is 87.8 Å². The SMILES string of the molecule is C/C(=C\c1csc(C)n1)C1CC2C(CCCC(C)C(O)C(C)C(=O)C(C)(C)C(O)CC(=O)O1)N2CCOC(=O)OCCSSCC(NC(=O)C(C)CC(=O)O)C(=O)O.CNC(=O)C(CCCN=C(N)N)NC(=O)C(CC(=O)O)NC(=O)CCC(NC(=O)c1ccc(NCc2cnc3nc(N)[nH]c(=O)c3n2)cc1)C(=O)O. The van der Waals surface area contributed by atoms with Gasteiger partial charge < -0.3 is 94.0 Å². The van der Waals surface area contributed by atoms with E-state index in [0.29, 0.717) is 36.5 Å². The summed E-state index contributed by atoms with van der Waals surface area (Å²) in [5.74, 6) is -11.9. The van der Waals surface area contributed by atoms with E-state index in [2.05, 4.69) is 66.7 Å². The Kier molecular flexibility index (Phi) is 36.1. The van der Waals surface area contributed by atoms with Crippen LogP contribution in [0.5, 0.6) is 0 Å². The van der Waals surface area contributed by atoms with Gasteiger partial charge >= 0.3 is 36.0 Å². The first-order chi connectivity index (χ1) is 51.9. The predicted octanol–water partition coefficient (Wildman–Crippen LogP) is 1.70. The van der Waals surface area contributed by atoms with Gasteiger partial charge in [0.05, 0.1) is 66.0 Å². The molecule has 6 rings (SSSR count). The molecule has 0 radical (unpaired) electrons. The number of fused-ring (bicyclic) bond motifs is 2. The summed E-state index contributed by atoms with van der Waals surface area (Å²) in [6.07, 6.45) is -0.0792. The summed E-state index contributed by atoms with van der Waals surface area (Å²) < 4.78 is 16.6. The van der Waals surface area contributed by atoms with Crippen molar-refractivity contribution in [1.82, 2.24) is 56.4 Å². The van der Waals surface area contributed by atoms with Gasteiger partial charge in [0, 0.05) is 85.0 Å². The van der Waals surface area contributed by atoms with Gasteiger partial charge in [0.1, 0.15) is 49.3 Å². The average Bonchev–Trinajstić information content (AvgIpc) is 1.61. The zero-order valence-corrected chi connectivity index (χ0v) is 64.5. The van der Waals surface area contributed by atoms with Crippen molar-refractivity contribution in [2.45, 2.75) is 180 Å². The third kappa shape index (κ3) is 29.7. The number of aliphatic carboxylic acids is 4. The van der Waals surface area contributed by atoms with Crippen LogP contribution in [-0.2, 0) is 68.7 Å². The fourth-order valence-corrected chi connectivity index (χ4v) is 14.2. The number of aliphatic hydroxyl groups is 2. The molecule has 0 aliphatic carbocycles. The molecule has 1 aromatic carbocycles. The number of aliphatic hydroxyl groups excluding tert-OH is 2. The van der Waals surface area contributed by atoms with Gasteiger partial charge in [-0.25, -0.2) is 29.3 Å². The number of ketones is 1. The summed E-state index contributed by atoms with van der Waals surface area (Å²) in [6, 6.07) is 0.552.